The average Bonchev–Trinajstić information content (AvgIpc) is 3.16. The van der Waals surface area contributed by atoms with Gasteiger partial charge in [-0.15, -0.1) is 0 Å². The number of aryl methyl sites for hydroxylation is 1. The van der Waals surface area contributed by atoms with Gasteiger partial charge >= 0.3 is 5.97 Å². The van der Waals surface area contributed by atoms with E-state index in [1.54, 1.807) is 12.3 Å². The molecule has 0 bridgehead atoms. The second-order valence-corrected chi connectivity index (χ2v) is 6.95. The monoisotopic (exact) mass is 409 g/mol. The quantitative estimate of drug-likeness (QED) is 0.386. The van der Waals surface area contributed by atoms with Gasteiger partial charge in [-0.1, -0.05) is 36.7 Å². The van der Waals surface area contributed by atoms with Gasteiger partial charge in [0.1, 0.15) is 5.58 Å². The molecule has 0 aliphatic rings. The molecule has 0 aliphatic carbocycles. The molecule has 4 rings (SSSR count). The van der Waals surface area contributed by atoms with Crippen molar-refractivity contribution in [3.8, 4) is 0 Å². The maximum Gasteiger partial charge on any atom is 0.374 e. The summed E-state index contributed by atoms with van der Waals surface area (Å²) in [6.07, 6.45) is 2.44. The highest BCUT2D eigenvalue weighted by molar-refractivity contribution is 6.31. The molecule has 1 N–H and O–H groups in total. The fraction of sp³-hybridized carbons (Fsp3) is 0.136. The molecule has 7 heteroatoms. The van der Waals surface area contributed by atoms with Crippen LogP contribution in [0.2, 0.25) is 5.02 Å². The first kappa shape index (κ1) is 19.0. The number of aromatic nitrogens is 1. The number of carbonyl (C=O) groups is 2. The van der Waals surface area contributed by atoms with Crippen LogP contribution in [0, 0.1) is 0 Å². The maximum absolute atomic E-state index is 12.6. The van der Waals surface area contributed by atoms with Crippen LogP contribution in [0.25, 0.3) is 21.9 Å². The highest BCUT2D eigenvalue weighted by atomic mass is 35.5. The number of benzene rings is 2. The molecule has 4 aromatic rings. The van der Waals surface area contributed by atoms with E-state index in [0.717, 1.165) is 29.0 Å². The van der Waals surface area contributed by atoms with E-state index in [9.17, 15) is 14.4 Å². The van der Waals surface area contributed by atoms with Gasteiger partial charge in [0, 0.05) is 33.8 Å². The molecule has 0 saturated carbocycles. The number of ether oxygens (including phenoxy) is 1. The Balaban J connectivity index is 1.54. The molecule has 29 heavy (non-hydrogen) atoms. The third kappa shape index (κ3) is 3.54. The molecule has 0 saturated heterocycles. The number of fused-ring (bicyclic) bond motifs is 2. The Bertz CT molecular complexity index is 1320. The molecule has 2 aromatic heterocycles. The summed E-state index contributed by atoms with van der Waals surface area (Å²) in [4.78, 5) is 40.2. The normalized spacial score (nSPS) is 11.1. The van der Waals surface area contributed by atoms with Gasteiger partial charge in [-0.3, -0.25) is 9.59 Å². The van der Waals surface area contributed by atoms with Crippen LogP contribution in [0.1, 0.15) is 33.4 Å². The SMILES string of the molecule is CCc1cccc2c(C(=O)COC(=O)c3cc(=O)c4cc(Cl)ccc4o3)c[nH]c12. The summed E-state index contributed by atoms with van der Waals surface area (Å²) in [5, 5.41) is 1.42. The minimum atomic E-state index is -0.888. The summed E-state index contributed by atoms with van der Waals surface area (Å²) in [6.45, 7) is 1.56. The number of hydrogen-bond acceptors (Lipinski definition) is 5. The first-order chi connectivity index (χ1) is 14.0. The van der Waals surface area contributed by atoms with E-state index >= 15 is 0 Å². The van der Waals surface area contributed by atoms with Crippen molar-refractivity contribution < 1.29 is 18.7 Å². The van der Waals surface area contributed by atoms with Crippen LogP contribution in [0.15, 0.2) is 57.9 Å². The zero-order valence-corrected chi connectivity index (χ0v) is 16.2. The summed E-state index contributed by atoms with van der Waals surface area (Å²) in [5.41, 5.74) is 2.22. The summed E-state index contributed by atoms with van der Waals surface area (Å²) >= 11 is 5.87. The highest BCUT2D eigenvalue weighted by Gasteiger charge is 2.18. The Morgan fingerprint density at radius 3 is 2.76 bits per heavy atom. The van der Waals surface area contributed by atoms with Gasteiger partial charge in [-0.25, -0.2) is 4.79 Å². The lowest BCUT2D eigenvalue weighted by molar-refractivity contribution is 0.0445. The van der Waals surface area contributed by atoms with Crippen molar-refractivity contribution in [3.63, 3.8) is 0 Å². The van der Waals surface area contributed by atoms with Gasteiger partial charge in [0.25, 0.3) is 0 Å². The summed E-state index contributed by atoms with van der Waals surface area (Å²) in [5.74, 6) is -1.51. The first-order valence-electron chi connectivity index (χ1n) is 9.00. The predicted molar refractivity (Wildman–Crippen MR) is 110 cm³/mol. The van der Waals surface area contributed by atoms with E-state index in [0.29, 0.717) is 10.6 Å². The van der Waals surface area contributed by atoms with Crippen LogP contribution in [0.5, 0.6) is 0 Å². The molecule has 0 spiro atoms. The fourth-order valence-corrected chi connectivity index (χ4v) is 3.42. The lowest BCUT2D eigenvalue weighted by Crippen LogP contribution is -2.15. The number of aromatic amines is 1. The van der Waals surface area contributed by atoms with Crippen LogP contribution < -0.4 is 5.43 Å². The van der Waals surface area contributed by atoms with Gasteiger partial charge in [-0.2, -0.15) is 0 Å². The van der Waals surface area contributed by atoms with Crippen molar-refractivity contribution in [2.24, 2.45) is 0 Å². The number of rotatable bonds is 5. The molecule has 2 heterocycles. The zero-order valence-electron chi connectivity index (χ0n) is 15.5. The van der Waals surface area contributed by atoms with Crippen LogP contribution in [-0.2, 0) is 11.2 Å². The molecule has 6 nitrogen and oxygen atoms in total. The number of nitrogens with one attached hydrogen (secondary N) is 1. The summed E-state index contributed by atoms with van der Waals surface area (Å²) in [6, 6.07) is 11.3. The van der Waals surface area contributed by atoms with E-state index in [1.807, 2.05) is 25.1 Å². The van der Waals surface area contributed by atoms with Crippen molar-refractivity contribution in [3.05, 3.63) is 80.8 Å². The molecular formula is C22H16ClNO5. The van der Waals surface area contributed by atoms with Crippen molar-refractivity contribution >= 4 is 45.2 Å². The number of halogens is 1. The minimum Gasteiger partial charge on any atom is -0.451 e. The molecule has 0 amide bonds. The van der Waals surface area contributed by atoms with Crippen LogP contribution in [-0.4, -0.2) is 23.3 Å². The third-order valence-electron chi connectivity index (χ3n) is 4.71. The van der Waals surface area contributed by atoms with Gasteiger partial charge in [0.15, 0.2) is 12.0 Å². The van der Waals surface area contributed by atoms with Crippen molar-refractivity contribution in [2.75, 3.05) is 6.61 Å². The molecule has 0 atom stereocenters. The Morgan fingerprint density at radius 1 is 1.14 bits per heavy atom. The van der Waals surface area contributed by atoms with Crippen molar-refractivity contribution in [1.82, 2.24) is 4.98 Å². The van der Waals surface area contributed by atoms with Gasteiger partial charge < -0.3 is 14.1 Å². The minimum absolute atomic E-state index is 0.212. The number of Topliss-reactive ketones (excluding diaryl/α,β-unsaturated/α-hetero) is 1. The summed E-state index contributed by atoms with van der Waals surface area (Å²) in [7, 11) is 0. The molecule has 2 aromatic carbocycles. The molecule has 0 fully saturated rings. The van der Waals surface area contributed by atoms with Crippen LogP contribution >= 0.6 is 11.6 Å². The Labute approximate surface area is 170 Å². The van der Waals surface area contributed by atoms with E-state index in [2.05, 4.69) is 4.98 Å². The van der Waals surface area contributed by atoms with Crippen molar-refractivity contribution in [2.45, 2.75) is 13.3 Å². The van der Waals surface area contributed by atoms with Gasteiger partial charge in [0.05, 0.1) is 5.39 Å². The standard InChI is InChI=1S/C22H16ClNO5/c1-2-12-4-3-5-14-16(10-24-21(12)14)18(26)11-28-22(27)20-9-17(25)15-8-13(23)6-7-19(15)29-20/h3-10,24H,2,11H2,1H3. The van der Waals surface area contributed by atoms with Crippen LogP contribution in [0.4, 0.5) is 0 Å². The predicted octanol–water partition coefficient (Wildman–Crippen LogP) is 4.53. The van der Waals surface area contributed by atoms with Gasteiger partial charge in [0.2, 0.25) is 11.5 Å². The number of esters is 1. The summed E-state index contributed by atoms with van der Waals surface area (Å²) < 4.78 is 10.5. The largest absolute Gasteiger partial charge is 0.451 e. The molecule has 0 unspecified atom stereocenters. The second kappa shape index (κ2) is 7.56. The number of para-hydroxylation sites is 1. The lowest BCUT2D eigenvalue weighted by atomic mass is 10.1. The Hall–Kier alpha value is -3.38. The average molecular weight is 410 g/mol. The van der Waals surface area contributed by atoms with Crippen molar-refractivity contribution in [1.29, 1.82) is 0 Å². The molecule has 146 valence electrons. The fourth-order valence-electron chi connectivity index (χ4n) is 3.25. The lowest BCUT2D eigenvalue weighted by Gasteiger charge is -2.05. The van der Waals surface area contributed by atoms with Gasteiger partial charge in [-0.05, 0) is 30.2 Å². The third-order valence-corrected chi connectivity index (χ3v) is 4.94. The number of carbonyl (C=O) groups excluding carboxylic acids is 2. The molecule has 0 aliphatic heterocycles. The van der Waals surface area contributed by atoms with E-state index in [1.165, 1.54) is 12.1 Å². The number of ketones is 1. The Morgan fingerprint density at radius 2 is 1.97 bits per heavy atom. The van der Waals surface area contributed by atoms with E-state index in [-0.39, 0.29) is 22.5 Å². The molecular weight excluding hydrogens is 394 g/mol. The number of H-pyrrole nitrogens is 1. The van der Waals surface area contributed by atoms with Crippen LogP contribution in [0.3, 0.4) is 0 Å². The second-order valence-electron chi connectivity index (χ2n) is 6.51. The highest BCUT2D eigenvalue weighted by Crippen LogP contribution is 2.23. The first-order valence-corrected chi connectivity index (χ1v) is 9.38. The Kier molecular flexibility index (Phi) is 4.94. The molecule has 0 radical (unpaired) electrons. The van der Waals surface area contributed by atoms with E-state index < -0.39 is 18.0 Å². The van der Waals surface area contributed by atoms with E-state index in [4.69, 9.17) is 20.8 Å². The topological polar surface area (TPSA) is 89.4 Å². The smallest absolute Gasteiger partial charge is 0.374 e. The maximum atomic E-state index is 12.6. The number of hydrogen-bond donors (Lipinski definition) is 1. The zero-order chi connectivity index (χ0) is 20.5.